The molecule has 5 nitrogen and oxygen atoms in total. The van der Waals surface area contributed by atoms with Crippen LogP contribution >= 0.6 is 0 Å². The van der Waals surface area contributed by atoms with Gasteiger partial charge in [0.25, 0.3) is 0 Å². The van der Waals surface area contributed by atoms with Crippen LogP contribution in [0, 0.1) is 6.92 Å². The summed E-state index contributed by atoms with van der Waals surface area (Å²) in [7, 11) is 0. The van der Waals surface area contributed by atoms with Crippen LogP contribution in [0.15, 0.2) is 48.8 Å². The Labute approximate surface area is 165 Å². The molecule has 0 unspecified atom stereocenters. The van der Waals surface area contributed by atoms with E-state index in [1.54, 1.807) is 0 Å². The Balaban J connectivity index is 1.22. The van der Waals surface area contributed by atoms with Crippen molar-refractivity contribution in [2.24, 2.45) is 0 Å². The Bertz CT molecular complexity index is 924. The normalized spacial score (nSPS) is 15.1. The van der Waals surface area contributed by atoms with Crippen molar-refractivity contribution >= 4 is 16.9 Å². The fraction of sp³-hybridized carbons (Fsp3) is 0.391. The number of hydrogen-bond acceptors (Lipinski definition) is 3. The maximum atomic E-state index is 12.5. The number of carbonyl (C=O) groups excluding carboxylic acids is 1. The summed E-state index contributed by atoms with van der Waals surface area (Å²) >= 11 is 0. The molecule has 0 aliphatic carbocycles. The van der Waals surface area contributed by atoms with Crippen LogP contribution in [0.5, 0.6) is 5.75 Å². The van der Waals surface area contributed by atoms with E-state index in [0.29, 0.717) is 18.9 Å². The number of amides is 1. The van der Waals surface area contributed by atoms with Gasteiger partial charge in [-0.3, -0.25) is 9.78 Å². The highest BCUT2D eigenvalue weighted by molar-refractivity contribution is 5.79. The molecule has 1 amide bonds. The molecule has 5 heteroatoms. The summed E-state index contributed by atoms with van der Waals surface area (Å²) in [4.78, 5) is 22.4. The van der Waals surface area contributed by atoms with Crippen molar-refractivity contribution in [2.45, 2.75) is 38.5 Å². The standard InChI is InChI=1S/C23H27N3O2/c1-17-6-8-19(9-7-17)28-15-3-5-22(27)26-13-10-18(11-14-26)20-16-25-21-4-2-12-24-23(20)21/h2,4,6-9,12,16,18,25H,3,5,10-11,13-15H2,1H3. The molecule has 3 aromatic rings. The van der Waals surface area contributed by atoms with Crippen molar-refractivity contribution in [3.63, 3.8) is 0 Å². The summed E-state index contributed by atoms with van der Waals surface area (Å²) in [5.41, 5.74) is 4.66. The Kier molecular flexibility index (Phi) is 5.60. The van der Waals surface area contributed by atoms with Crippen LogP contribution in [0.2, 0.25) is 0 Å². The van der Waals surface area contributed by atoms with Crippen LogP contribution in [-0.2, 0) is 4.79 Å². The third-order valence-electron chi connectivity index (χ3n) is 5.58. The van der Waals surface area contributed by atoms with Crippen molar-refractivity contribution in [3.8, 4) is 5.75 Å². The van der Waals surface area contributed by atoms with Crippen LogP contribution in [-0.4, -0.2) is 40.5 Å². The lowest BCUT2D eigenvalue weighted by molar-refractivity contribution is -0.132. The quantitative estimate of drug-likeness (QED) is 0.646. The number of likely N-dealkylation sites (tertiary alicyclic amines) is 1. The molecule has 146 valence electrons. The van der Waals surface area contributed by atoms with E-state index < -0.39 is 0 Å². The van der Waals surface area contributed by atoms with E-state index in [0.717, 1.165) is 49.1 Å². The van der Waals surface area contributed by atoms with E-state index in [-0.39, 0.29) is 5.91 Å². The lowest BCUT2D eigenvalue weighted by Gasteiger charge is -2.32. The summed E-state index contributed by atoms with van der Waals surface area (Å²) in [6, 6.07) is 12.0. The molecule has 1 aliphatic rings. The predicted molar refractivity (Wildman–Crippen MR) is 111 cm³/mol. The summed E-state index contributed by atoms with van der Waals surface area (Å²) in [6.45, 7) is 4.27. The molecule has 2 aromatic heterocycles. The third-order valence-corrected chi connectivity index (χ3v) is 5.58. The number of carbonyl (C=O) groups is 1. The third kappa shape index (κ3) is 4.19. The molecule has 4 rings (SSSR count). The van der Waals surface area contributed by atoms with Crippen molar-refractivity contribution in [1.29, 1.82) is 0 Å². The number of hydrogen-bond donors (Lipinski definition) is 1. The van der Waals surface area contributed by atoms with Gasteiger partial charge in [-0.25, -0.2) is 0 Å². The van der Waals surface area contributed by atoms with Gasteiger partial charge >= 0.3 is 0 Å². The van der Waals surface area contributed by atoms with Gasteiger partial charge in [0.15, 0.2) is 0 Å². The van der Waals surface area contributed by atoms with Gasteiger partial charge in [0.2, 0.25) is 5.91 Å². The second kappa shape index (κ2) is 8.46. The van der Waals surface area contributed by atoms with Gasteiger partial charge < -0.3 is 14.6 Å². The maximum absolute atomic E-state index is 12.5. The number of ether oxygens (including phenoxy) is 1. The van der Waals surface area contributed by atoms with E-state index >= 15 is 0 Å². The molecule has 0 atom stereocenters. The number of rotatable bonds is 6. The minimum absolute atomic E-state index is 0.239. The van der Waals surface area contributed by atoms with Crippen LogP contribution < -0.4 is 4.74 Å². The summed E-state index contributed by atoms with van der Waals surface area (Å²) < 4.78 is 5.72. The zero-order valence-corrected chi connectivity index (χ0v) is 16.4. The molecule has 1 fully saturated rings. The van der Waals surface area contributed by atoms with Gasteiger partial charge in [0.05, 0.1) is 17.6 Å². The molecule has 28 heavy (non-hydrogen) atoms. The smallest absolute Gasteiger partial charge is 0.222 e. The highest BCUT2D eigenvalue weighted by Gasteiger charge is 2.25. The van der Waals surface area contributed by atoms with E-state index in [9.17, 15) is 4.79 Å². The zero-order valence-electron chi connectivity index (χ0n) is 16.4. The Hall–Kier alpha value is -2.82. The first kappa shape index (κ1) is 18.5. The molecule has 0 saturated carbocycles. The van der Waals surface area contributed by atoms with E-state index in [1.165, 1.54) is 11.1 Å². The molecule has 1 saturated heterocycles. The number of aromatic nitrogens is 2. The zero-order chi connectivity index (χ0) is 19.3. The van der Waals surface area contributed by atoms with Gasteiger partial charge in [-0.15, -0.1) is 0 Å². The summed E-state index contributed by atoms with van der Waals surface area (Å²) in [5, 5.41) is 0. The fourth-order valence-corrected chi connectivity index (χ4v) is 3.93. The predicted octanol–water partition coefficient (Wildman–Crippen LogP) is 4.44. The average molecular weight is 377 g/mol. The van der Waals surface area contributed by atoms with Crippen LogP contribution in [0.3, 0.4) is 0 Å². The number of nitrogens with zero attached hydrogens (tertiary/aromatic N) is 2. The van der Waals surface area contributed by atoms with Gasteiger partial charge in [0.1, 0.15) is 5.75 Å². The number of nitrogens with one attached hydrogen (secondary N) is 1. The number of aromatic amines is 1. The van der Waals surface area contributed by atoms with Crippen molar-refractivity contribution in [2.75, 3.05) is 19.7 Å². The highest BCUT2D eigenvalue weighted by Crippen LogP contribution is 2.32. The number of piperidine rings is 1. The summed E-state index contributed by atoms with van der Waals surface area (Å²) in [6.07, 6.45) is 7.22. The highest BCUT2D eigenvalue weighted by atomic mass is 16.5. The number of pyridine rings is 1. The monoisotopic (exact) mass is 377 g/mol. The first-order valence-corrected chi connectivity index (χ1v) is 10.1. The lowest BCUT2D eigenvalue weighted by atomic mass is 9.90. The van der Waals surface area contributed by atoms with Crippen LogP contribution in [0.4, 0.5) is 0 Å². The molecule has 0 radical (unpaired) electrons. The van der Waals surface area contributed by atoms with E-state index in [2.05, 4.69) is 29.2 Å². The Morgan fingerprint density at radius 2 is 2.00 bits per heavy atom. The molecular formula is C23H27N3O2. The Morgan fingerprint density at radius 3 is 2.79 bits per heavy atom. The van der Waals surface area contributed by atoms with Crippen LogP contribution in [0.1, 0.15) is 42.7 Å². The molecule has 0 bridgehead atoms. The number of fused-ring (bicyclic) bond motifs is 1. The van der Waals surface area contributed by atoms with Crippen molar-refractivity contribution in [1.82, 2.24) is 14.9 Å². The van der Waals surface area contributed by atoms with E-state index in [1.807, 2.05) is 41.4 Å². The number of H-pyrrole nitrogens is 1. The largest absolute Gasteiger partial charge is 0.494 e. The second-order valence-corrected chi connectivity index (χ2v) is 7.56. The minimum Gasteiger partial charge on any atom is -0.494 e. The molecule has 1 N–H and O–H groups in total. The topological polar surface area (TPSA) is 58.2 Å². The fourth-order valence-electron chi connectivity index (χ4n) is 3.93. The second-order valence-electron chi connectivity index (χ2n) is 7.56. The first-order chi connectivity index (χ1) is 13.7. The maximum Gasteiger partial charge on any atom is 0.222 e. The lowest BCUT2D eigenvalue weighted by Crippen LogP contribution is -2.37. The SMILES string of the molecule is Cc1ccc(OCCCC(=O)N2CCC(c3c[nH]c4cccnc34)CC2)cc1. The van der Waals surface area contributed by atoms with Gasteiger partial charge in [-0.05, 0) is 61.9 Å². The molecule has 3 heterocycles. The first-order valence-electron chi connectivity index (χ1n) is 10.1. The van der Waals surface area contributed by atoms with E-state index in [4.69, 9.17) is 4.74 Å². The van der Waals surface area contributed by atoms with Crippen molar-refractivity contribution in [3.05, 3.63) is 59.9 Å². The van der Waals surface area contributed by atoms with Crippen molar-refractivity contribution < 1.29 is 9.53 Å². The minimum atomic E-state index is 0.239. The molecule has 1 aromatic carbocycles. The number of aryl methyl sites for hydroxylation is 1. The Morgan fingerprint density at radius 1 is 1.21 bits per heavy atom. The summed E-state index contributed by atoms with van der Waals surface area (Å²) in [5.74, 6) is 1.58. The average Bonchev–Trinajstić information content (AvgIpc) is 3.17. The molecule has 0 spiro atoms. The molecule has 1 aliphatic heterocycles. The number of benzene rings is 1. The van der Waals surface area contributed by atoms with Gasteiger partial charge in [-0.1, -0.05) is 17.7 Å². The van der Waals surface area contributed by atoms with Gasteiger partial charge in [-0.2, -0.15) is 0 Å². The van der Waals surface area contributed by atoms with Crippen LogP contribution in [0.25, 0.3) is 11.0 Å². The van der Waals surface area contributed by atoms with Gasteiger partial charge in [0, 0.05) is 31.9 Å². The molecular weight excluding hydrogens is 350 g/mol.